The molecule has 0 aromatic carbocycles. The molecule has 1 atom stereocenters. The summed E-state index contributed by atoms with van der Waals surface area (Å²) in [4.78, 5) is 23.8. The zero-order valence-electron chi connectivity index (χ0n) is 9.06. The Morgan fingerprint density at radius 3 is 2.69 bits per heavy atom. The quantitative estimate of drug-likeness (QED) is 0.800. The van der Waals surface area contributed by atoms with E-state index in [0.717, 1.165) is 5.56 Å². The molecule has 1 fully saturated rings. The number of aromatic nitrogens is 1. The number of hydrogen-bond donors (Lipinski definition) is 1. The standard InChI is InChI=1S/C10H12N2O4/c1-5-6(2)11-16-9(5)12-4-7(10(14)15)3-8(12)13/h7H,3-4H2,1-2H3,(H,14,15). The van der Waals surface area contributed by atoms with Gasteiger partial charge in [-0.3, -0.25) is 14.5 Å². The number of hydrogen-bond acceptors (Lipinski definition) is 4. The molecule has 1 aliphatic rings. The smallest absolute Gasteiger partial charge is 0.308 e. The summed E-state index contributed by atoms with van der Waals surface area (Å²) in [6.45, 7) is 3.73. The minimum Gasteiger partial charge on any atom is -0.481 e. The minimum atomic E-state index is -0.954. The largest absolute Gasteiger partial charge is 0.481 e. The van der Waals surface area contributed by atoms with Gasteiger partial charge in [0.05, 0.1) is 11.6 Å². The van der Waals surface area contributed by atoms with Crippen molar-refractivity contribution < 1.29 is 19.2 Å². The highest BCUT2D eigenvalue weighted by molar-refractivity contribution is 5.98. The second-order valence-corrected chi connectivity index (χ2v) is 3.94. The van der Waals surface area contributed by atoms with Crippen LogP contribution in [0.3, 0.4) is 0 Å². The van der Waals surface area contributed by atoms with E-state index in [1.807, 2.05) is 0 Å². The van der Waals surface area contributed by atoms with Gasteiger partial charge in [-0.25, -0.2) is 0 Å². The predicted octanol–water partition coefficient (Wildman–Crippen LogP) is 0.729. The summed E-state index contributed by atoms with van der Waals surface area (Å²) in [5.41, 5.74) is 1.49. The van der Waals surface area contributed by atoms with Gasteiger partial charge >= 0.3 is 5.97 Å². The van der Waals surface area contributed by atoms with Crippen LogP contribution < -0.4 is 4.90 Å². The number of aryl methyl sites for hydroxylation is 1. The van der Waals surface area contributed by atoms with Crippen molar-refractivity contribution in [2.75, 3.05) is 11.4 Å². The number of rotatable bonds is 2. The van der Waals surface area contributed by atoms with Crippen LogP contribution in [-0.4, -0.2) is 28.7 Å². The molecule has 1 N–H and O–H groups in total. The summed E-state index contributed by atoms with van der Waals surface area (Å²) in [5.74, 6) is -1.47. The Hall–Kier alpha value is -1.85. The lowest BCUT2D eigenvalue weighted by Crippen LogP contribution is -2.25. The third-order valence-corrected chi connectivity index (χ3v) is 2.85. The van der Waals surface area contributed by atoms with Gasteiger partial charge in [0.2, 0.25) is 11.8 Å². The molecule has 1 aromatic heterocycles. The van der Waals surface area contributed by atoms with Crippen LogP contribution in [0.2, 0.25) is 0 Å². The molecular formula is C10H12N2O4. The molecule has 6 nitrogen and oxygen atoms in total. The molecule has 2 heterocycles. The number of aliphatic carboxylic acids is 1. The van der Waals surface area contributed by atoms with Crippen LogP contribution >= 0.6 is 0 Å². The summed E-state index contributed by atoms with van der Waals surface area (Å²) in [6, 6.07) is 0. The van der Waals surface area contributed by atoms with Gasteiger partial charge in [-0.2, -0.15) is 0 Å². The molecule has 1 saturated heterocycles. The number of carboxylic acids is 1. The summed E-state index contributed by atoms with van der Waals surface area (Å²) in [7, 11) is 0. The van der Waals surface area contributed by atoms with Crippen LogP contribution in [0.1, 0.15) is 17.7 Å². The molecule has 0 bridgehead atoms. The fraction of sp³-hybridized carbons (Fsp3) is 0.500. The maximum absolute atomic E-state index is 11.6. The summed E-state index contributed by atoms with van der Waals surface area (Å²) >= 11 is 0. The first-order valence-electron chi connectivity index (χ1n) is 4.96. The molecule has 16 heavy (non-hydrogen) atoms. The molecule has 1 amide bonds. The fourth-order valence-electron chi connectivity index (χ4n) is 1.72. The van der Waals surface area contributed by atoms with Crippen molar-refractivity contribution in [1.82, 2.24) is 5.16 Å². The van der Waals surface area contributed by atoms with Crippen LogP contribution in [0.15, 0.2) is 4.52 Å². The van der Waals surface area contributed by atoms with Crippen LogP contribution in [0, 0.1) is 19.8 Å². The Bertz CT molecular complexity index is 452. The van der Waals surface area contributed by atoms with Crippen molar-refractivity contribution >= 4 is 17.8 Å². The zero-order valence-corrected chi connectivity index (χ0v) is 9.06. The second-order valence-electron chi connectivity index (χ2n) is 3.94. The summed E-state index contributed by atoms with van der Waals surface area (Å²) in [5, 5.41) is 12.6. The van der Waals surface area contributed by atoms with Crippen LogP contribution in [0.4, 0.5) is 5.88 Å². The van der Waals surface area contributed by atoms with E-state index in [0.29, 0.717) is 11.6 Å². The SMILES string of the molecule is Cc1noc(N2CC(C(=O)O)CC2=O)c1C. The first-order valence-corrected chi connectivity index (χ1v) is 4.96. The number of carbonyl (C=O) groups excluding carboxylic acids is 1. The van der Waals surface area contributed by atoms with Gasteiger partial charge < -0.3 is 9.63 Å². The van der Waals surface area contributed by atoms with Crippen molar-refractivity contribution in [3.8, 4) is 0 Å². The van der Waals surface area contributed by atoms with Crippen molar-refractivity contribution in [3.05, 3.63) is 11.3 Å². The summed E-state index contributed by atoms with van der Waals surface area (Å²) in [6.07, 6.45) is 0.0223. The van der Waals surface area contributed by atoms with Crippen LogP contribution in [-0.2, 0) is 9.59 Å². The molecule has 0 radical (unpaired) electrons. The first kappa shape index (κ1) is 10.7. The van der Waals surface area contributed by atoms with Crippen molar-refractivity contribution in [2.24, 2.45) is 5.92 Å². The highest BCUT2D eigenvalue weighted by atomic mass is 16.5. The van der Waals surface area contributed by atoms with Gasteiger partial charge in [-0.15, -0.1) is 0 Å². The summed E-state index contributed by atoms with van der Waals surface area (Å²) < 4.78 is 5.04. The van der Waals surface area contributed by atoms with Gasteiger partial charge in [0.15, 0.2) is 0 Å². The molecule has 1 unspecified atom stereocenters. The molecule has 1 aliphatic heterocycles. The fourth-order valence-corrected chi connectivity index (χ4v) is 1.72. The topological polar surface area (TPSA) is 83.6 Å². The van der Waals surface area contributed by atoms with Crippen molar-refractivity contribution in [3.63, 3.8) is 0 Å². The van der Waals surface area contributed by atoms with Gasteiger partial charge in [0.25, 0.3) is 0 Å². The number of anilines is 1. The maximum Gasteiger partial charge on any atom is 0.308 e. The lowest BCUT2D eigenvalue weighted by molar-refractivity contribution is -0.141. The zero-order chi connectivity index (χ0) is 11.9. The van der Waals surface area contributed by atoms with Crippen molar-refractivity contribution in [1.29, 1.82) is 0 Å². The highest BCUT2D eigenvalue weighted by Gasteiger charge is 2.37. The Labute approximate surface area is 91.8 Å². The average molecular weight is 224 g/mol. The van der Waals surface area contributed by atoms with E-state index < -0.39 is 11.9 Å². The van der Waals surface area contributed by atoms with Gasteiger partial charge in [-0.1, -0.05) is 5.16 Å². The highest BCUT2D eigenvalue weighted by Crippen LogP contribution is 2.29. The van der Waals surface area contributed by atoms with E-state index >= 15 is 0 Å². The van der Waals surface area contributed by atoms with E-state index in [-0.39, 0.29) is 18.9 Å². The number of carbonyl (C=O) groups is 2. The first-order chi connectivity index (χ1) is 7.50. The third kappa shape index (κ3) is 1.56. The monoisotopic (exact) mass is 224 g/mol. The van der Waals surface area contributed by atoms with Gasteiger partial charge in [0, 0.05) is 18.5 Å². The minimum absolute atomic E-state index is 0.0223. The Morgan fingerprint density at radius 1 is 1.56 bits per heavy atom. The van der Waals surface area contributed by atoms with E-state index in [4.69, 9.17) is 9.63 Å². The maximum atomic E-state index is 11.6. The molecule has 2 rings (SSSR count). The number of amides is 1. The molecule has 86 valence electrons. The number of carboxylic acid groups (broad SMARTS) is 1. The number of nitrogens with zero attached hydrogens (tertiary/aromatic N) is 2. The normalized spacial score (nSPS) is 20.5. The molecule has 0 spiro atoms. The average Bonchev–Trinajstić information content (AvgIpc) is 2.73. The van der Waals surface area contributed by atoms with E-state index in [9.17, 15) is 9.59 Å². The molecule has 1 aromatic rings. The predicted molar refractivity (Wildman–Crippen MR) is 54.1 cm³/mol. The lowest BCUT2D eigenvalue weighted by Gasteiger charge is -2.12. The Morgan fingerprint density at radius 2 is 2.25 bits per heavy atom. The Kier molecular flexibility index (Phi) is 2.41. The van der Waals surface area contributed by atoms with E-state index in [1.165, 1.54) is 4.90 Å². The van der Waals surface area contributed by atoms with E-state index in [1.54, 1.807) is 13.8 Å². The molecule has 0 saturated carbocycles. The van der Waals surface area contributed by atoms with Gasteiger partial charge in [-0.05, 0) is 13.8 Å². The third-order valence-electron chi connectivity index (χ3n) is 2.85. The lowest BCUT2D eigenvalue weighted by atomic mass is 10.1. The van der Waals surface area contributed by atoms with Crippen LogP contribution in [0.5, 0.6) is 0 Å². The molecule has 6 heteroatoms. The van der Waals surface area contributed by atoms with Gasteiger partial charge in [0.1, 0.15) is 0 Å². The van der Waals surface area contributed by atoms with Crippen molar-refractivity contribution in [2.45, 2.75) is 20.3 Å². The molecular weight excluding hydrogens is 212 g/mol. The van der Waals surface area contributed by atoms with Crippen LogP contribution in [0.25, 0.3) is 0 Å². The second kappa shape index (κ2) is 3.62. The Balaban J connectivity index is 2.26. The van der Waals surface area contributed by atoms with E-state index in [2.05, 4.69) is 5.16 Å². The molecule has 0 aliphatic carbocycles.